The molecule has 2 rings (SSSR count). The maximum atomic E-state index is 12.4. The maximum absolute atomic E-state index is 12.4. The van der Waals surface area contributed by atoms with Crippen LogP contribution in [0.5, 0.6) is 0 Å². The molecule has 1 saturated heterocycles. The Morgan fingerprint density at radius 2 is 1.91 bits per heavy atom. The van der Waals surface area contributed by atoms with E-state index in [0.29, 0.717) is 22.0 Å². The minimum absolute atomic E-state index is 0.265. The molecular formula is C16H26ClN3O2S. The average molecular weight is 360 g/mol. The maximum Gasteiger partial charge on any atom is 0.240 e. The van der Waals surface area contributed by atoms with Gasteiger partial charge in [-0.15, -0.1) is 0 Å². The highest BCUT2D eigenvalue weighted by atomic mass is 35.5. The lowest BCUT2D eigenvalue weighted by Gasteiger charge is -2.33. The molecule has 7 heteroatoms. The van der Waals surface area contributed by atoms with Gasteiger partial charge in [-0.05, 0) is 43.7 Å². The molecule has 0 radical (unpaired) electrons. The van der Waals surface area contributed by atoms with Crippen LogP contribution in [-0.4, -0.2) is 64.5 Å². The number of hydrogen-bond donors (Lipinski definition) is 1. The van der Waals surface area contributed by atoms with E-state index in [2.05, 4.69) is 28.5 Å². The molecule has 1 aromatic rings. The van der Waals surface area contributed by atoms with E-state index in [1.807, 2.05) is 0 Å². The van der Waals surface area contributed by atoms with Gasteiger partial charge in [-0.1, -0.05) is 18.5 Å². The van der Waals surface area contributed by atoms with Crippen molar-refractivity contribution in [2.75, 3.05) is 46.3 Å². The fourth-order valence-electron chi connectivity index (χ4n) is 2.78. The van der Waals surface area contributed by atoms with Crippen molar-refractivity contribution >= 4 is 21.6 Å². The van der Waals surface area contributed by atoms with Crippen molar-refractivity contribution in [2.24, 2.45) is 5.92 Å². The molecule has 1 aliphatic heterocycles. The molecule has 0 saturated carbocycles. The summed E-state index contributed by atoms with van der Waals surface area (Å²) < 4.78 is 27.6. The van der Waals surface area contributed by atoms with Crippen LogP contribution in [-0.2, 0) is 10.0 Å². The van der Waals surface area contributed by atoms with Crippen molar-refractivity contribution < 1.29 is 8.42 Å². The summed E-state index contributed by atoms with van der Waals surface area (Å²) in [7, 11) is -1.36. The highest BCUT2D eigenvalue weighted by Crippen LogP contribution is 2.19. The molecule has 1 fully saturated rings. The molecule has 5 nitrogen and oxygen atoms in total. The molecule has 1 heterocycles. The molecule has 1 aromatic carbocycles. The summed E-state index contributed by atoms with van der Waals surface area (Å²) in [5.41, 5.74) is 0.664. The van der Waals surface area contributed by atoms with Crippen molar-refractivity contribution in [3.8, 4) is 0 Å². The minimum Gasteiger partial charge on any atom is -0.304 e. The van der Waals surface area contributed by atoms with Crippen LogP contribution in [0.1, 0.15) is 12.5 Å². The van der Waals surface area contributed by atoms with Gasteiger partial charge in [0.25, 0.3) is 0 Å². The first-order valence-corrected chi connectivity index (χ1v) is 9.81. The zero-order valence-electron chi connectivity index (χ0n) is 14.0. The Bertz CT molecular complexity index is 628. The summed E-state index contributed by atoms with van der Waals surface area (Å²) in [6.45, 7) is 9.43. The third-order valence-electron chi connectivity index (χ3n) is 4.21. The summed E-state index contributed by atoms with van der Waals surface area (Å²) in [5.74, 6) is 0.265. The van der Waals surface area contributed by atoms with Crippen LogP contribution in [0.3, 0.4) is 0 Å². The quantitative estimate of drug-likeness (QED) is 0.841. The second-order valence-corrected chi connectivity index (χ2v) is 8.64. The van der Waals surface area contributed by atoms with Crippen molar-refractivity contribution in [1.82, 2.24) is 14.5 Å². The predicted octanol–water partition coefficient (Wildman–Crippen LogP) is 1.81. The van der Waals surface area contributed by atoms with Gasteiger partial charge in [-0.25, -0.2) is 13.1 Å². The highest BCUT2D eigenvalue weighted by Gasteiger charge is 2.20. The van der Waals surface area contributed by atoms with Crippen LogP contribution in [0.15, 0.2) is 23.1 Å². The third kappa shape index (κ3) is 5.43. The van der Waals surface area contributed by atoms with E-state index < -0.39 is 10.0 Å². The van der Waals surface area contributed by atoms with Crippen molar-refractivity contribution in [3.05, 3.63) is 28.8 Å². The second kappa shape index (κ2) is 7.94. The van der Waals surface area contributed by atoms with E-state index in [9.17, 15) is 8.42 Å². The van der Waals surface area contributed by atoms with Gasteiger partial charge in [0.15, 0.2) is 0 Å². The van der Waals surface area contributed by atoms with E-state index in [0.717, 1.165) is 32.7 Å². The molecule has 0 spiro atoms. The number of hydrogen-bond acceptors (Lipinski definition) is 4. The van der Waals surface area contributed by atoms with E-state index >= 15 is 0 Å². The molecule has 1 aliphatic rings. The Hall–Kier alpha value is -0.660. The predicted molar refractivity (Wildman–Crippen MR) is 94.5 cm³/mol. The van der Waals surface area contributed by atoms with Crippen LogP contribution in [0, 0.1) is 12.8 Å². The molecule has 23 heavy (non-hydrogen) atoms. The lowest BCUT2D eigenvalue weighted by molar-refractivity contribution is 0.139. The van der Waals surface area contributed by atoms with Gasteiger partial charge in [0.2, 0.25) is 10.0 Å². The Morgan fingerprint density at radius 1 is 1.26 bits per heavy atom. The van der Waals surface area contributed by atoms with Gasteiger partial charge in [0.1, 0.15) is 0 Å². The number of likely N-dealkylation sites (N-methyl/N-ethyl adjacent to an activating group) is 1. The number of halogens is 1. The van der Waals surface area contributed by atoms with Gasteiger partial charge in [0.05, 0.1) is 4.90 Å². The number of rotatable bonds is 6. The monoisotopic (exact) mass is 359 g/mol. The molecule has 1 unspecified atom stereocenters. The fourth-order valence-corrected chi connectivity index (χ4v) is 4.40. The topological polar surface area (TPSA) is 52.7 Å². The van der Waals surface area contributed by atoms with E-state index in [-0.39, 0.29) is 5.92 Å². The van der Waals surface area contributed by atoms with Gasteiger partial charge in [-0.2, -0.15) is 0 Å². The first-order chi connectivity index (χ1) is 10.8. The third-order valence-corrected chi connectivity index (χ3v) is 6.03. The zero-order valence-corrected chi connectivity index (χ0v) is 15.6. The van der Waals surface area contributed by atoms with Crippen LogP contribution in [0.4, 0.5) is 0 Å². The summed E-state index contributed by atoms with van der Waals surface area (Å²) >= 11 is 5.89. The first-order valence-electron chi connectivity index (χ1n) is 7.94. The normalized spacial score (nSPS) is 19.0. The van der Waals surface area contributed by atoms with Gasteiger partial charge in [-0.3, -0.25) is 0 Å². The molecule has 130 valence electrons. The molecule has 0 aliphatic carbocycles. The average Bonchev–Trinajstić information content (AvgIpc) is 2.47. The Balaban J connectivity index is 1.88. The molecule has 1 atom stereocenters. The molecule has 1 N–H and O–H groups in total. The molecular weight excluding hydrogens is 334 g/mol. The van der Waals surface area contributed by atoms with Gasteiger partial charge in [0, 0.05) is 44.3 Å². The Labute approximate surface area is 144 Å². The molecule has 0 bridgehead atoms. The SMILES string of the molecule is Cc1cc(Cl)ccc1S(=O)(=O)NCC(C)CN1CCN(C)CC1. The van der Waals surface area contributed by atoms with Gasteiger partial charge >= 0.3 is 0 Å². The second-order valence-electron chi connectivity index (χ2n) is 6.47. The zero-order chi connectivity index (χ0) is 17.0. The summed E-state index contributed by atoms with van der Waals surface area (Å²) in [6, 6.07) is 4.84. The minimum atomic E-state index is -3.49. The van der Waals surface area contributed by atoms with Crippen molar-refractivity contribution in [1.29, 1.82) is 0 Å². The van der Waals surface area contributed by atoms with Crippen LogP contribution in [0.2, 0.25) is 5.02 Å². The highest BCUT2D eigenvalue weighted by molar-refractivity contribution is 7.89. The number of aryl methyl sites for hydroxylation is 1. The number of piperazine rings is 1. The smallest absolute Gasteiger partial charge is 0.240 e. The fraction of sp³-hybridized carbons (Fsp3) is 0.625. The number of nitrogens with one attached hydrogen (secondary N) is 1. The van der Waals surface area contributed by atoms with E-state index in [1.165, 1.54) is 0 Å². The number of nitrogens with zero attached hydrogens (tertiary/aromatic N) is 2. The van der Waals surface area contributed by atoms with Crippen LogP contribution < -0.4 is 4.72 Å². The largest absolute Gasteiger partial charge is 0.304 e. The number of sulfonamides is 1. The summed E-state index contributed by atoms with van der Waals surface area (Å²) in [5, 5.41) is 0.546. The van der Waals surface area contributed by atoms with Crippen molar-refractivity contribution in [3.63, 3.8) is 0 Å². The number of benzene rings is 1. The van der Waals surface area contributed by atoms with E-state index in [4.69, 9.17) is 11.6 Å². The van der Waals surface area contributed by atoms with Crippen molar-refractivity contribution in [2.45, 2.75) is 18.7 Å². The van der Waals surface area contributed by atoms with Crippen LogP contribution >= 0.6 is 11.6 Å². The molecule has 0 aromatic heterocycles. The summed E-state index contributed by atoms with van der Waals surface area (Å²) in [6.07, 6.45) is 0. The standard InChI is InChI=1S/C16H26ClN3O2S/c1-13(12-20-8-6-19(3)7-9-20)11-18-23(21,22)16-5-4-15(17)10-14(16)2/h4-5,10,13,18H,6-9,11-12H2,1-3H3. The van der Waals surface area contributed by atoms with Crippen LogP contribution in [0.25, 0.3) is 0 Å². The lowest BCUT2D eigenvalue weighted by atomic mass is 10.1. The lowest BCUT2D eigenvalue weighted by Crippen LogP contribution is -2.46. The van der Waals surface area contributed by atoms with E-state index in [1.54, 1.807) is 25.1 Å². The molecule has 0 amide bonds. The Morgan fingerprint density at radius 3 is 2.52 bits per heavy atom. The Kier molecular flexibility index (Phi) is 6.45. The van der Waals surface area contributed by atoms with Gasteiger partial charge < -0.3 is 9.80 Å². The first kappa shape index (κ1) is 18.7. The summed E-state index contributed by atoms with van der Waals surface area (Å²) in [4.78, 5) is 5.01.